The van der Waals surface area contributed by atoms with E-state index in [4.69, 9.17) is 4.52 Å². The first-order valence-corrected chi connectivity index (χ1v) is 5.67. The largest absolute Gasteiger partial charge is 0.357 e. The molecular formula is C12H16N2O. The summed E-state index contributed by atoms with van der Waals surface area (Å²) in [5.74, 6) is 1.71. The smallest absolute Gasteiger partial charge is 0.159 e. The summed E-state index contributed by atoms with van der Waals surface area (Å²) in [6.45, 7) is 5.64. The summed E-state index contributed by atoms with van der Waals surface area (Å²) < 4.78 is 5.23. The van der Waals surface area contributed by atoms with E-state index in [1.165, 1.54) is 31.5 Å². The molecule has 3 saturated heterocycles. The maximum absolute atomic E-state index is 5.23. The molecule has 3 aliphatic rings. The van der Waals surface area contributed by atoms with Crippen LogP contribution in [0.25, 0.3) is 6.08 Å². The van der Waals surface area contributed by atoms with Gasteiger partial charge in [-0.25, -0.2) is 0 Å². The lowest BCUT2D eigenvalue weighted by atomic mass is 9.83. The minimum absolute atomic E-state index is 0.792. The topological polar surface area (TPSA) is 29.3 Å². The van der Waals surface area contributed by atoms with Crippen molar-refractivity contribution in [2.45, 2.75) is 19.8 Å². The Morgan fingerprint density at radius 1 is 1.47 bits per heavy atom. The molecule has 0 atom stereocenters. The second-order valence-corrected chi connectivity index (χ2v) is 4.64. The molecule has 0 amide bonds. The van der Waals surface area contributed by atoms with Crippen molar-refractivity contribution in [2.24, 2.45) is 5.92 Å². The van der Waals surface area contributed by atoms with Gasteiger partial charge in [0.25, 0.3) is 0 Å². The van der Waals surface area contributed by atoms with Gasteiger partial charge in [-0.1, -0.05) is 5.16 Å². The molecule has 4 rings (SSSR count). The van der Waals surface area contributed by atoms with Crippen LogP contribution >= 0.6 is 0 Å². The van der Waals surface area contributed by atoms with Crippen molar-refractivity contribution in [3.63, 3.8) is 0 Å². The standard InChI is InChI=1S/C12H16N2O/c1-9-6-12(15-13-9)7-11-8-14-4-2-10(11)3-5-14/h6-7,10H,2-5,8H2,1H3/b11-7+. The minimum Gasteiger partial charge on any atom is -0.357 e. The first-order chi connectivity index (χ1) is 7.31. The summed E-state index contributed by atoms with van der Waals surface area (Å²) in [4.78, 5) is 2.52. The molecule has 0 saturated carbocycles. The van der Waals surface area contributed by atoms with E-state index >= 15 is 0 Å². The normalized spacial score (nSPS) is 32.5. The lowest BCUT2D eigenvalue weighted by Crippen LogP contribution is -2.42. The zero-order chi connectivity index (χ0) is 10.3. The molecule has 0 unspecified atom stereocenters. The fourth-order valence-electron chi connectivity index (χ4n) is 2.65. The van der Waals surface area contributed by atoms with E-state index in [-0.39, 0.29) is 0 Å². The fraction of sp³-hybridized carbons (Fsp3) is 0.583. The Hall–Kier alpha value is -1.09. The van der Waals surface area contributed by atoms with Gasteiger partial charge in [0.1, 0.15) is 0 Å². The van der Waals surface area contributed by atoms with Crippen molar-refractivity contribution in [3.05, 3.63) is 23.1 Å². The van der Waals surface area contributed by atoms with Gasteiger partial charge in [-0.3, -0.25) is 4.90 Å². The third-order valence-electron chi connectivity index (χ3n) is 3.49. The van der Waals surface area contributed by atoms with Crippen LogP contribution < -0.4 is 0 Å². The second-order valence-electron chi connectivity index (χ2n) is 4.64. The summed E-state index contributed by atoms with van der Waals surface area (Å²) >= 11 is 0. The van der Waals surface area contributed by atoms with Gasteiger partial charge in [-0.15, -0.1) is 0 Å². The lowest BCUT2D eigenvalue weighted by Gasteiger charge is -2.40. The van der Waals surface area contributed by atoms with Crippen LogP contribution in [0.4, 0.5) is 0 Å². The minimum atomic E-state index is 0.792. The van der Waals surface area contributed by atoms with E-state index in [2.05, 4.69) is 16.1 Å². The van der Waals surface area contributed by atoms with Crippen molar-refractivity contribution in [1.82, 2.24) is 10.1 Å². The second kappa shape index (κ2) is 3.49. The van der Waals surface area contributed by atoms with Gasteiger partial charge in [0.15, 0.2) is 5.76 Å². The SMILES string of the molecule is Cc1cc(/C=C2\CN3CCC2CC3)on1. The Balaban J connectivity index is 1.85. The summed E-state index contributed by atoms with van der Waals surface area (Å²) in [5, 5.41) is 3.91. The number of hydrogen-bond donors (Lipinski definition) is 0. The number of piperidine rings is 3. The molecule has 0 N–H and O–H groups in total. The van der Waals surface area contributed by atoms with E-state index < -0.39 is 0 Å². The molecule has 3 fully saturated rings. The monoisotopic (exact) mass is 204 g/mol. The highest BCUT2D eigenvalue weighted by Crippen LogP contribution is 2.32. The lowest BCUT2D eigenvalue weighted by molar-refractivity contribution is 0.163. The van der Waals surface area contributed by atoms with Gasteiger partial charge in [0.2, 0.25) is 0 Å². The van der Waals surface area contributed by atoms with Crippen molar-refractivity contribution in [2.75, 3.05) is 19.6 Å². The van der Waals surface area contributed by atoms with Crippen LogP contribution in [0.15, 0.2) is 16.2 Å². The van der Waals surface area contributed by atoms with E-state index in [9.17, 15) is 0 Å². The highest BCUT2D eigenvalue weighted by molar-refractivity contribution is 5.49. The molecular weight excluding hydrogens is 188 g/mol. The molecule has 80 valence electrons. The molecule has 0 radical (unpaired) electrons. The van der Waals surface area contributed by atoms with E-state index in [0.717, 1.165) is 23.9 Å². The summed E-state index contributed by atoms with van der Waals surface area (Å²) in [5.41, 5.74) is 2.49. The number of aromatic nitrogens is 1. The molecule has 2 bridgehead atoms. The van der Waals surface area contributed by atoms with Crippen LogP contribution in [-0.4, -0.2) is 29.7 Å². The average Bonchev–Trinajstić information content (AvgIpc) is 2.66. The van der Waals surface area contributed by atoms with Crippen LogP contribution in [0.5, 0.6) is 0 Å². The molecule has 3 heteroatoms. The number of fused-ring (bicyclic) bond motifs is 3. The summed E-state index contributed by atoms with van der Waals surface area (Å²) in [6, 6.07) is 2.00. The third kappa shape index (κ3) is 1.72. The molecule has 1 aromatic rings. The number of rotatable bonds is 1. The molecule has 3 aliphatic heterocycles. The van der Waals surface area contributed by atoms with Gasteiger partial charge in [-0.2, -0.15) is 0 Å². The maximum atomic E-state index is 5.23. The summed E-state index contributed by atoms with van der Waals surface area (Å²) in [7, 11) is 0. The molecule has 0 aliphatic carbocycles. The molecule has 4 heterocycles. The van der Waals surface area contributed by atoms with Crippen LogP contribution in [0, 0.1) is 12.8 Å². The highest BCUT2D eigenvalue weighted by atomic mass is 16.5. The molecule has 3 nitrogen and oxygen atoms in total. The van der Waals surface area contributed by atoms with Crippen LogP contribution in [0.3, 0.4) is 0 Å². The molecule has 1 aromatic heterocycles. The van der Waals surface area contributed by atoms with Gasteiger partial charge in [0, 0.05) is 12.6 Å². The molecule has 0 spiro atoms. The van der Waals surface area contributed by atoms with Gasteiger partial charge >= 0.3 is 0 Å². The Labute approximate surface area is 89.7 Å². The quantitative estimate of drug-likeness (QED) is 0.701. The van der Waals surface area contributed by atoms with Gasteiger partial charge < -0.3 is 4.52 Å². The van der Waals surface area contributed by atoms with Crippen LogP contribution in [-0.2, 0) is 0 Å². The molecule has 15 heavy (non-hydrogen) atoms. The van der Waals surface area contributed by atoms with E-state index in [0.29, 0.717) is 0 Å². The average molecular weight is 204 g/mol. The summed E-state index contributed by atoms with van der Waals surface area (Å²) in [6.07, 6.45) is 4.83. The fourth-order valence-corrected chi connectivity index (χ4v) is 2.65. The Morgan fingerprint density at radius 2 is 2.27 bits per heavy atom. The van der Waals surface area contributed by atoms with Gasteiger partial charge in [0.05, 0.1) is 5.69 Å². The molecule has 0 aromatic carbocycles. The number of hydrogen-bond acceptors (Lipinski definition) is 3. The maximum Gasteiger partial charge on any atom is 0.159 e. The third-order valence-corrected chi connectivity index (χ3v) is 3.49. The number of aryl methyl sites for hydroxylation is 1. The zero-order valence-corrected chi connectivity index (χ0v) is 9.07. The van der Waals surface area contributed by atoms with Crippen molar-refractivity contribution in [3.8, 4) is 0 Å². The Morgan fingerprint density at radius 3 is 2.80 bits per heavy atom. The van der Waals surface area contributed by atoms with Crippen LogP contribution in [0.2, 0.25) is 0 Å². The van der Waals surface area contributed by atoms with Gasteiger partial charge in [-0.05, 0) is 50.4 Å². The van der Waals surface area contributed by atoms with E-state index in [1.54, 1.807) is 0 Å². The highest BCUT2D eigenvalue weighted by Gasteiger charge is 2.29. The van der Waals surface area contributed by atoms with E-state index in [1.807, 2.05) is 13.0 Å². The zero-order valence-electron chi connectivity index (χ0n) is 9.07. The number of nitrogens with zero attached hydrogens (tertiary/aromatic N) is 2. The van der Waals surface area contributed by atoms with Crippen molar-refractivity contribution in [1.29, 1.82) is 0 Å². The predicted molar refractivity (Wildman–Crippen MR) is 58.4 cm³/mol. The van der Waals surface area contributed by atoms with Crippen molar-refractivity contribution < 1.29 is 4.52 Å². The van der Waals surface area contributed by atoms with Crippen molar-refractivity contribution >= 4 is 6.08 Å². The Kier molecular flexibility index (Phi) is 2.13. The van der Waals surface area contributed by atoms with Crippen LogP contribution in [0.1, 0.15) is 24.3 Å². The Bertz CT molecular complexity index is 386. The first-order valence-electron chi connectivity index (χ1n) is 5.67. The first kappa shape index (κ1) is 9.16. The predicted octanol–water partition coefficient (Wildman–Crippen LogP) is 2.09.